The number of rotatable bonds is 1. The molecule has 2 nitrogen and oxygen atoms in total. The van der Waals surface area contributed by atoms with Gasteiger partial charge in [0.25, 0.3) is 0 Å². The van der Waals surface area contributed by atoms with E-state index in [0.29, 0.717) is 0 Å². The van der Waals surface area contributed by atoms with Crippen LogP contribution in [-0.2, 0) is 5.41 Å². The smallest absolute Gasteiger partial charge is 0.125 e. The molecule has 0 saturated heterocycles. The maximum Gasteiger partial charge on any atom is 0.125 e. The summed E-state index contributed by atoms with van der Waals surface area (Å²) in [5.74, 6) is -0.238. The predicted molar refractivity (Wildman–Crippen MR) is 67.0 cm³/mol. The Morgan fingerprint density at radius 1 is 1.18 bits per heavy atom. The molecular formula is C14H17FN2. The molecule has 3 heteroatoms. The lowest BCUT2D eigenvalue weighted by atomic mass is 9.93. The molecular weight excluding hydrogens is 215 g/mol. The molecule has 0 radical (unpaired) electrons. The third-order valence-electron chi connectivity index (χ3n) is 2.78. The monoisotopic (exact) mass is 232 g/mol. The van der Waals surface area contributed by atoms with Crippen LogP contribution in [0.25, 0.3) is 5.69 Å². The van der Waals surface area contributed by atoms with Crippen molar-refractivity contribution >= 4 is 0 Å². The van der Waals surface area contributed by atoms with Gasteiger partial charge in [0.15, 0.2) is 0 Å². The number of halogens is 1. The Kier molecular flexibility index (Phi) is 2.77. The van der Waals surface area contributed by atoms with Crippen molar-refractivity contribution in [3.8, 4) is 5.69 Å². The molecule has 2 aromatic rings. The Hall–Kier alpha value is -1.64. The largest absolute Gasteiger partial charge is 0.240 e. The van der Waals surface area contributed by atoms with Gasteiger partial charge in [-0.3, -0.25) is 0 Å². The summed E-state index contributed by atoms with van der Waals surface area (Å²) in [5, 5.41) is 4.50. The zero-order valence-electron chi connectivity index (χ0n) is 10.7. The number of nitrogens with zero attached hydrogens (tertiary/aromatic N) is 2. The summed E-state index contributed by atoms with van der Waals surface area (Å²) in [6.45, 7) is 8.28. The normalized spacial score (nSPS) is 11.8. The van der Waals surface area contributed by atoms with Crippen LogP contribution in [0.4, 0.5) is 4.39 Å². The van der Waals surface area contributed by atoms with Crippen LogP contribution in [0, 0.1) is 12.7 Å². The van der Waals surface area contributed by atoms with Gasteiger partial charge in [-0.15, -0.1) is 0 Å². The van der Waals surface area contributed by atoms with Crippen LogP contribution in [0.2, 0.25) is 0 Å². The van der Waals surface area contributed by atoms with Crippen LogP contribution in [0.5, 0.6) is 0 Å². The average molecular weight is 232 g/mol. The molecule has 0 spiro atoms. The van der Waals surface area contributed by atoms with Gasteiger partial charge in [-0.2, -0.15) is 5.10 Å². The first-order valence-electron chi connectivity index (χ1n) is 5.70. The van der Waals surface area contributed by atoms with Crippen molar-refractivity contribution in [3.05, 3.63) is 47.5 Å². The molecule has 2 rings (SSSR count). The zero-order chi connectivity index (χ0) is 12.6. The van der Waals surface area contributed by atoms with E-state index in [4.69, 9.17) is 0 Å². The lowest BCUT2D eigenvalue weighted by molar-refractivity contribution is 0.559. The number of aromatic nitrogens is 2. The van der Waals surface area contributed by atoms with Gasteiger partial charge in [-0.1, -0.05) is 26.8 Å². The Labute approximate surface area is 101 Å². The molecule has 17 heavy (non-hydrogen) atoms. The SMILES string of the molecule is Cc1ccc(F)cc1-n1ccc(C(C)(C)C)n1. The summed E-state index contributed by atoms with van der Waals surface area (Å²) in [6, 6.07) is 6.72. The van der Waals surface area contributed by atoms with E-state index >= 15 is 0 Å². The van der Waals surface area contributed by atoms with Crippen LogP contribution < -0.4 is 0 Å². The van der Waals surface area contributed by atoms with Crippen molar-refractivity contribution in [1.29, 1.82) is 0 Å². The van der Waals surface area contributed by atoms with Gasteiger partial charge >= 0.3 is 0 Å². The van der Waals surface area contributed by atoms with E-state index < -0.39 is 0 Å². The molecule has 0 N–H and O–H groups in total. The summed E-state index contributed by atoms with van der Waals surface area (Å²) in [5.41, 5.74) is 2.81. The highest BCUT2D eigenvalue weighted by Gasteiger charge is 2.17. The van der Waals surface area contributed by atoms with E-state index in [9.17, 15) is 4.39 Å². The molecule has 0 aliphatic rings. The van der Waals surface area contributed by atoms with Crippen molar-refractivity contribution in [2.24, 2.45) is 0 Å². The molecule has 0 aliphatic heterocycles. The van der Waals surface area contributed by atoms with E-state index in [2.05, 4.69) is 25.9 Å². The van der Waals surface area contributed by atoms with Gasteiger partial charge < -0.3 is 0 Å². The molecule has 1 aromatic heterocycles. The van der Waals surface area contributed by atoms with Crippen LogP contribution in [0.15, 0.2) is 30.5 Å². The van der Waals surface area contributed by atoms with Crippen LogP contribution >= 0.6 is 0 Å². The Balaban J connectivity index is 2.47. The van der Waals surface area contributed by atoms with Crippen molar-refractivity contribution in [1.82, 2.24) is 9.78 Å². The van der Waals surface area contributed by atoms with E-state index in [1.165, 1.54) is 12.1 Å². The first kappa shape index (κ1) is 11.8. The molecule has 1 heterocycles. The molecule has 1 aromatic carbocycles. The molecule has 90 valence electrons. The van der Waals surface area contributed by atoms with Gasteiger partial charge in [0.05, 0.1) is 11.4 Å². The summed E-state index contributed by atoms with van der Waals surface area (Å²) in [6.07, 6.45) is 1.88. The van der Waals surface area contributed by atoms with Gasteiger partial charge in [-0.05, 0) is 30.7 Å². The highest BCUT2D eigenvalue weighted by atomic mass is 19.1. The van der Waals surface area contributed by atoms with Gasteiger partial charge in [0.1, 0.15) is 5.82 Å². The molecule has 0 saturated carbocycles. The fraction of sp³-hybridized carbons (Fsp3) is 0.357. The topological polar surface area (TPSA) is 17.8 Å². The van der Waals surface area contributed by atoms with Gasteiger partial charge in [0, 0.05) is 11.6 Å². The third kappa shape index (κ3) is 2.38. The highest BCUT2D eigenvalue weighted by Crippen LogP contribution is 2.22. The Morgan fingerprint density at radius 3 is 2.47 bits per heavy atom. The summed E-state index contributed by atoms with van der Waals surface area (Å²) in [4.78, 5) is 0. The number of benzene rings is 1. The lowest BCUT2D eigenvalue weighted by Gasteiger charge is -2.14. The molecule has 0 amide bonds. The molecule has 0 unspecified atom stereocenters. The van der Waals surface area contributed by atoms with Crippen molar-refractivity contribution in [2.75, 3.05) is 0 Å². The molecule has 0 fully saturated rings. The van der Waals surface area contributed by atoms with Crippen molar-refractivity contribution in [3.63, 3.8) is 0 Å². The van der Waals surface area contributed by atoms with Crippen LogP contribution in [0.1, 0.15) is 32.0 Å². The maximum atomic E-state index is 13.2. The molecule has 0 bridgehead atoms. The molecule has 0 aliphatic carbocycles. The third-order valence-corrected chi connectivity index (χ3v) is 2.78. The predicted octanol–water partition coefficient (Wildman–Crippen LogP) is 3.62. The number of hydrogen-bond acceptors (Lipinski definition) is 1. The van der Waals surface area contributed by atoms with Crippen LogP contribution in [-0.4, -0.2) is 9.78 Å². The van der Waals surface area contributed by atoms with Crippen molar-refractivity contribution in [2.45, 2.75) is 33.1 Å². The summed E-state index contributed by atoms with van der Waals surface area (Å²) < 4.78 is 15.0. The summed E-state index contributed by atoms with van der Waals surface area (Å²) in [7, 11) is 0. The van der Waals surface area contributed by atoms with E-state index in [0.717, 1.165) is 16.9 Å². The average Bonchev–Trinajstić information content (AvgIpc) is 2.70. The number of hydrogen-bond donors (Lipinski definition) is 0. The maximum absolute atomic E-state index is 13.2. The minimum Gasteiger partial charge on any atom is -0.240 e. The van der Waals surface area contributed by atoms with Gasteiger partial charge in [-0.25, -0.2) is 9.07 Å². The second kappa shape index (κ2) is 3.99. The fourth-order valence-electron chi connectivity index (χ4n) is 1.69. The summed E-state index contributed by atoms with van der Waals surface area (Å²) >= 11 is 0. The lowest BCUT2D eigenvalue weighted by Crippen LogP contribution is -2.12. The van der Waals surface area contributed by atoms with E-state index in [1.54, 1.807) is 10.7 Å². The second-order valence-corrected chi connectivity index (χ2v) is 5.33. The minimum atomic E-state index is -0.238. The standard InChI is InChI=1S/C14H17FN2/c1-10-5-6-11(15)9-12(10)17-8-7-13(16-17)14(2,3)4/h5-9H,1-4H3. The zero-order valence-corrected chi connectivity index (χ0v) is 10.7. The Morgan fingerprint density at radius 2 is 1.88 bits per heavy atom. The van der Waals surface area contributed by atoms with Crippen molar-refractivity contribution < 1.29 is 4.39 Å². The van der Waals surface area contributed by atoms with E-state index in [-0.39, 0.29) is 11.2 Å². The second-order valence-electron chi connectivity index (χ2n) is 5.33. The highest BCUT2D eigenvalue weighted by molar-refractivity contribution is 5.40. The first-order valence-corrected chi connectivity index (χ1v) is 5.70. The van der Waals surface area contributed by atoms with Gasteiger partial charge in [0.2, 0.25) is 0 Å². The quantitative estimate of drug-likeness (QED) is 0.734. The fourth-order valence-corrected chi connectivity index (χ4v) is 1.69. The van der Waals surface area contributed by atoms with Crippen LogP contribution in [0.3, 0.4) is 0 Å². The molecule has 0 atom stereocenters. The number of aryl methyl sites for hydroxylation is 1. The Bertz CT molecular complexity index is 535. The first-order chi connectivity index (χ1) is 7.88. The van der Waals surface area contributed by atoms with E-state index in [1.807, 2.05) is 19.2 Å². The minimum absolute atomic E-state index is 0.00643.